The van der Waals surface area contributed by atoms with E-state index in [-0.39, 0.29) is 17.6 Å². The molecule has 0 saturated carbocycles. The van der Waals surface area contributed by atoms with Gasteiger partial charge in [-0.3, -0.25) is 4.79 Å². The van der Waals surface area contributed by atoms with Crippen LogP contribution in [0.3, 0.4) is 0 Å². The molecule has 112 valence electrons. The average Bonchev–Trinajstić information content (AvgIpc) is 2.50. The molecular weight excluding hydrogens is 279 g/mol. The third-order valence-electron chi connectivity index (χ3n) is 3.30. The van der Waals surface area contributed by atoms with Crippen molar-refractivity contribution in [1.82, 2.24) is 0 Å². The lowest BCUT2D eigenvalue weighted by atomic mass is 10.0. The Balaban J connectivity index is 2.31. The van der Waals surface area contributed by atoms with Gasteiger partial charge in [0.1, 0.15) is 5.82 Å². The number of halogens is 1. The maximum absolute atomic E-state index is 13.5. The number of rotatable bonds is 4. The third-order valence-corrected chi connectivity index (χ3v) is 3.30. The largest absolute Gasteiger partial charge is 0.326 e. The lowest BCUT2D eigenvalue weighted by molar-refractivity contribution is -0.118. The summed E-state index contributed by atoms with van der Waals surface area (Å²) in [5, 5.41) is 11.8. The minimum absolute atomic E-state index is 0.112. The van der Waals surface area contributed by atoms with Crippen molar-refractivity contribution in [1.29, 1.82) is 5.26 Å². The number of hydrogen-bond acceptors (Lipinski definition) is 2. The first-order valence-corrected chi connectivity index (χ1v) is 7.08. The van der Waals surface area contributed by atoms with E-state index in [1.807, 2.05) is 6.07 Å². The van der Waals surface area contributed by atoms with Crippen molar-refractivity contribution in [2.24, 2.45) is 5.92 Å². The molecule has 0 atom stereocenters. The summed E-state index contributed by atoms with van der Waals surface area (Å²) in [7, 11) is 0. The highest BCUT2D eigenvalue weighted by molar-refractivity contribution is 5.92. The van der Waals surface area contributed by atoms with Crippen LogP contribution in [0.25, 0.3) is 0 Å². The van der Waals surface area contributed by atoms with Crippen molar-refractivity contribution in [3.63, 3.8) is 0 Å². The molecule has 0 radical (unpaired) electrons. The second kappa shape index (κ2) is 6.86. The third kappa shape index (κ3) is 3.92. The molecule has 3 nitrogen and oxygen atoms in total. The molecular formula is C18H17FN2O. The molecule has 0 aliphatic rings. The fraction of sp³-hybridized carbons (Fsp3) is 0.222. The number of carbonyl (C=O) groups excluding carboxylic acids is 1. The highest BCUT2D eigenvalue weighted by atomic mass is 19.1. The quantitative estimate of drug-likeness (QED) is 0.930. The molecule has 0 bridgehead atoms. The van der Waals surface area contributed by atoms with Crippen LogP contribution in [0.5, 0.6) is 0 Å². The van der Waals surface area contributed by atoms with Gasteiger partial charge in [-0.2, -0.15) is 5.26 Å². The average molecular weight is 296 g/mol. The second-order valence-electron chi connectivity index (χ2n) is 5.43. The molecule has 2 aromatic rings. The number of anilines is 1. The van der Waals surface area contributed by atoms with Gasteiger partial charge in [0.15, 0.2) is 0 Å². The number of nitrogens with one attached hydrogen (secondary N) is 1. The van der Waals surface area contributed by atoms with Crippen LogP contribution in [-0.2, 0) is 11.2 Å². The summed E-state index contributed by atoms with van der Waals surface area (Å²) in [4.78, 5) is 11.9. The summed E-state index contributed by atoms with van der Waals surface area (Å²) in [5.74, 6) is -0.618. The minimum Gasteiger partial charge on any atom is -0.326 e. The van der Waals surface area contributed by atoms with Crippen molar-refractivity contribution in [2.75, 3.05) is 5.32 Å². The second-order valence-corrected chi connectivity index (χ2v) is 5.43. The normalized spacial score (nSPS) is 10.3. The molecule has 1 amide bonds. The molecule has 0 heterocycles. The Morgan fingerprint density at radius 3 is 2.73 bits per heavy atom. The number of amides is 1. The first kappa shape index (κ1) is 15.7. The van der Waals surface area contributed by atoms with Crippen molar-refractivity contribution >= 4 is 11.6 Å². The van der Waals surface area contributed by atoms with Gasteiger partial charge in [-0.25, -0.2) is 4.39 Å². The lowest BCUT2D eigenvalue weighted by Gasteiger charge is -2.13. The molecule has 0 aromatic heterocycles. The summed E-state index contributed by atoms with van der Waals surface area (Å²) < 4.78 is 13.5. The molecule has 0 aliphatic heterocycles. The van der Waals surface area contributed by atoms with Crippen LogP contribution in [0.4, 0.5) is 10.1 Å². The zero-order valence-electron chi connectivity index (χ0n) is 12.6. The van der Waals surface area contributed by atoms with Crippen molar-refractivity contribution in [2.45, 2.75) is 20.3 Å². The van der Waals surface area contributed by atoms with Gasteiger partial charge in [-0.1, -0.05) is 26.0 Å². The van der Waals surface area contributed by atoms with E-state index in [2.05, 4.69) is 11.4 Å². The lowest BCUT2D eigenvalue weighted by Crippen LogP contribution is -2.18. The van der Waals surface area contributed by atoms with Gasteiger partial charge in [0.25, 0.3) is 0 Å². The fourth-order valence-corrected chi connectivity index (χ4v) is 2.08. The van der Waals surface area contributed by atoms with Gasteiger partial charge >= 0.3 is 0 Å². The van der Waals surface area contributed by atoms with Gasteiger partial charge in [0, 0.05) is 11.6 Å². The number of benzene rings is 2. The summed E-state index contributed by atoms with van der Waals surface area (Å²) in [5.41, 5.74) is 2.73. The Labute approximate surface area is 129 Å². The summed E-state index contributed by atoms with van der Waals surface area (Å²) in [6.07, 6.45) is 0.445. The van der Waals surface area contributed by atoms with E-state index in [1.165, 1.54) is 12.1 Å². The Morgan fingerprint density at radius 1 is 1.27 bits per heavy atom. The molecule has 0 fully saturated rings. The van der Waals surface area contributed by atoms with E-state index < -0.39 is 0 Å². The van der Waals surface area contributed by atoms with Crippen LogP contribution in [-0.4, -0.2) is 5.91 Å². The summed E-state index contributed by atoms with van der Waals surface area (Å²) in [6.45, 7) is 3.60. The van der Waals surface area contributed by atoms with E-state index >= 15 is 0 Å². The predicted octanol–water partition coefficient (Wildman–Crippen LogP) is 3.88. The summed E-state index contributed by atoms with van der Waals surface area (Å²) >= 11 is 0. The molecule has 0 aliphatic carbocycles. The zero-order chi connectivity index (χ0) is 16.1. The molecule has 1 N–H and O–H groups in total. The number of carbonyl (C=O) groups is 1. The summed E-state index contributed by atoms with van der Waals surface area (Å²) in [6, 6.07) is 13.5. The van der Waals surface area contributed by atoms with Crippen LogP contribution in [0.15, 0.2) is 42.5 Å². The maximum Gasteiger partial charge on any atom is 0.226 e. The number of nitriles is 1. The smallest absolute Gasteiger partial charge is 0.226 e. The van der Waals surface area contributed by atoms with Crippen LogP contribution < -0.4 is 5.32 Å². The van der Waals surface area contributed by atoms with E-state index in [1.54, 1.807) is 38.1 Å². The number of nitrogens with zero attached hydrogens (tertiary/aromatic N) is 1. The highest BCUT2D eigenvalue weighted by Crippen LogP contribution is 2.22. The minimum atomic E-state index is -0.353. The van der Waals surface area contributed by atoms with Gasteiger partial charge in [0.05, 0.1) is 11.6 Å². The van der Waals surface area contributed by atoms with E-state index in [0.29, 0.717) is 23.2 Å². The van der Waals surface area contributed by atoms with Gasteiger partial charge < -0.3 is 5.32 Å². The number of hydrogen-bond donors (Lipinski definition) is 1. The molecule has 22 heavy (non-hydrogen) atoms. The van der Waals surface area contributed by atoms with E-state index in [0.717, 1.165) is 5.56 Å². The predicted molar refractivity (Wildman–Crippen MR) is 83.8 cm³/mol. The standard InChI is InChI=1S/C18H17FN2O/c1-12(2)18(22)21-17-7-6-16(19)10-15(17)9-13-4-3-5-14(8-13)11-20/h3-8,10,12H,9H2,1-2H3,(H,21,22). The molecule has 4 heteroatoms. The first-order chi connectivity index (χ1) is 10.5. The molecule has 0 unspecified atom stereocenters. The fourth-order valence-electron chi connectivity index (χ4n) is 2.08. The van der Waals surface area contributed by atoms with E-state index in [4.69, 9.17) is 5.26 Å². The molecule has 2 aromatic carbocycles. The van der Waals surface area contributed by atoms with Crippen LogP contribution in [0, 0.1) is 23.1 Å². The van der Waals surface area contributed by atoms with Gasteiger partial charge in [0.2, 0.25) is 5.91 Å². The Hall–Kier alpha value is -2.67. The zero-order valence-corrected chi connectivity index (χ0v) is 12.6. The first-order valence-electron chi connectivity index (χ1n) is 7.08. The van der Waals surface area contributed by atoms with Crippen molar-refractivity contribution < 1.29 is 9.18 Å². The van der Waals surface area contributed by atoms with E-state index in [9.17, 15) is 9.18 Å². The highest BCUT2D eigenvalue weighted by Gasteiger charge is 2.11. The van der Waals surface area contributed by atoms with Crippen LogP contribution in [0.1, 0.15) is 30.5 Å². The Morgan fingerprint density at radius 2 is 2.05 bits per heavy atom. The molecule has 0 spiro atoms. The van der Waals surface area contributed by atoms with Crippen molar-refractivity contribution in [3.05, 3.63) is 65.0 Å². The monoisotopic (exact) mass is 296 g/mol. The Bertz CT molecular complexity index is 732. The van der Waals surface area contributed by atoms with Gasteiger partial charge in [-0.15, -0.1) is 0 Å². The van der Waals surface area contributed by atoms with Gasteiger partial charge in [-0.05, 0) is 47.9 Å². The topological polar surface area (TPSA) is 52.9 Å². The van der Waals surface area contributed by atoms with Crippen molar-refractivity contribution in [3.8, 4) is 6.07 Å². The SMILES string of the molecule is CC(C)C(=O)Nc1ccc(F)cc1Cc1cccc(C#N)c1. The molecule has 2 rings (SSSR count). The van der Waals surface area contributed by atoms with Crippen LogP contribution in [0.2, 0.25) is 0 Å². The molecule has 0 saturated heterocycles. The Kier molecular flexibility index (Phi) is 4.90. The van der Waals surface area contributed by atoms with Crippen LogP contribution >= 0.6 is 0 Å². The maximum atomic E-state index is 13.5.